The van der Waals surface area contributed by atoms with E-state index in [1.54, 1.807) is 14.2 Å². The van der Waals surface area contributed by atoms with E-state index in [1.165, 1.54) is 22.9 Å². The van der Waals surface area contributed by atoms with Crippen molar-refractivity contribution in [1.29, 1.82) is 0 Å². The lowest BCUT2D eigenvalue weighted by Gasteiger charge is -2.29. The first-order valence-corrected chi connectivity index (χ1v) is 11.5. The Hall–Kier alpha value is -2.05. The fourth-order valence-electron chi connectivity index (χ4n) is 3.97. The van der Waals surface area contributed by atoms with Crippen molar-refractivity contribution in [2.24, 2.45) is 0 Å². The maximum absolute atomic E-state index is 5.47. The molecule has 0 atom stereocenters. The van der Waals surface area contributed by atoms with Crippen molar-refractivity contribution in [3.05, 3.63) is 52.3 Å². The highest BCUT2D eigenvalue weighted by molar-refractivity contribution is 9.10. The number of pyridine rings is 1. The maximum atomic E-state index is 5.47. The van der Waals surface area contributed by atoms with Crippen LogP contribution in [0, 0.1) is 0 Å². The van der Waals surface area contributed by atoms with Gasteiger partial charge < -0.3 is 14.0 Å². The summed E-state index contributed by atoms with van der Waals surface area (Å²) >= 11 is 3.47. The number of fused-ring (bicyclic) bond motifs is 2. The van der Waals surface area contributed by atoms with E-state index in [4.69, 9.17) is 9.47 Å². The normalized spacial score (nSPS) is 13.5. The van der Waals surface area contributed by atoms with E-state index >= 15 is 0 Å². The van der Waals surface area contributed by atoms with Gasteiger partial charge in [-0.25, -0.2) is 4.98 Å². The zero-order valence-electron chi connectivity index (χ0n) is 18.4. The first-order chi connectivity index (χ1) is 14.7. The molecule has 5 nitrogen and oxygen atoms in total. The average Bonchev–Trinajstić information content (AvgIpc) is 3.19. The molecule has 0 aliphatic carbocycles. The molecule has 1 aliphatic rings. The third kappa shape index (κ3) is 5.16. The molecule has 162 valence electrons. The minimum Gasteiger partial charge on any atom is -0.493 e. The van der Waals surface area contributed by atoms with E-state index in [2.05, 4.69) is 60.8 Å². The van der Waals surface area contributed by atoms with Gasteiger partial charge in [-0.15, -0.1) is 0 Å². The fraction of sp³-hybridized carbons (Fsp3) is 0.458. The van der Waals surface area contributed by atoms with Crippen LogP contribution in [0.4, 0.5) is 0 Å². The number of methoxy groups -OCH3 is 2. The largest absolute Gasteiger partial charge is 0.493 e. The van der Waals surface area contributed by atoms with E-state index in [0.717, 1.165) is 60.8 Å². The lowest BCUT2D eigenvalue weighted by Crippen LogP contribution is -2.31. The summed E-state index contributed by atoms with van der Waals surface area (Å²) in [5.74, 6) is 1.65. The number of halogens is 1. The quantitative estimate of drug-likeness (QED) is 0.326. The van der Waals surface area contributed by atoms with Gasteiger partial charge in [0.2, 0.25) is 0 Å². The Morgan fingerprint density at radius 3 is 2.40 bits per heavy atom. The van der Waals surface area contributed by atoms with Gasteiger partial charge in [-0.1, -0.05) is 13.8 Å². The van der Waals surface area contributed by atoms with Crippen molar-refractivity contribution in [2.75, 3.05) is 27.3 Å². The van der Waals surface area contributed by atoms with Gasteiger partial charge in [-0.2, -0.15) is 0 Å². The zero-order chi connectivity index (χ0) is 21.5. The van der Waals surface area contributed by atoms with Crippen LogP contribution in [0.15, 0.2) is 41.1 Å². The summed E-state index contributed by atoms with van der Waals surface area (Å²) in [5.41, 5.74) is 3.79. The van der Waals surface area contributed by atoms with E-state index < -0.39 is 0 Å². The maximum Gasteiger partial charge on any atom is 0.161 e. The SMILES string of the molecule is CC.COc1cc2c(cc1OC)CN(CCCCn1ccc3ccc(Br)nc31)CC2. The van der Waals surface area contributed by atoms with Gasteiger partial charge in [0.1, 0.15) is 10.3 Å². The summed E-state index contributed by atoms with van der Waals surface area (Å²) in [6.07, 6.45) is 5.53. The number of rotatable bonds is 7. The van der Waals surface area contributed by atoms with Crippen molar-refractivity contribution in [3.8, 4) is 11.5 Å². The van der Waals surface area contributed by atoms with Gasteiger partial charge in [0.05, 0.1) is 14.2 Å². The molecule has 0 N–H and O–H groups in total. The number of aryl methyl sites for hydroxylation is 1. The van der Waals surface area contributed by atoms with Crippen LogP contribution in [0.2, 0.25) is 0 Å². The number of benzene rings is 1. The molecule has 4 rings (SSSR count). The molecule has 1 aliphatic heterocycles. The Labute approximate surface area is 188 Å². The van der Waals surface area contributed by atoms with Gasteiger partial charge in [0, 0.05) is 31.2 Å². The van der Waals surface area contributed by atoms with Crippen molar-refractivity contribution >= 4 is 27.0 Å². The lowest BCUT2D eigenvalue weighted by molar-refractivity contribution is 0.246. The smallest absolute Gasteiger partial charge is 0.161 e. The number of ether oxygens (including phenoxy) is 2. The third-order valence-electron chi connectivity index (χ3n) is 5.50. The van der Waals surface area contributed by atoms with Crippen LogP contribution in [0.3, 0.4) is 0 Å². The third-order valence-corrected chi connectivity index (χ3v) is 5.94. The predicted molar refractivity (Wildman–Crippen MR) is 127 cm³/mol. The fourth-order valence-corrected chi connectivity index (χ4v) is 4.27. The summed E-state index contributed by atoms with van der Waals surface area (Å²) < 4.78 is 14.0. The average molecular weight is 474 g/mol. The molecule has 3 heterocycles. The molecule has 0 saturated heterocycles. The highest BCUT2D eigenvalue weighted by Crippen LogP contribution is 2.33. The number of unbranched alkanes of at least 4 members (excludes halogenated alkanes) is 1. The second-order valence-electron chi connectivity index (χ2n) is 7.27. The van der Waals surface area contributed by atoms with Crippen LogP contribution in [-0.4, -0.2) is 41.8 Å². The molecule has 0 radical (unpaired) electrons. The second-order valence-corrected chi connectivity index (χ2v) is 8.08. The van der Waals surface area contributed by atoms with Crippen LogP contribution in [0.1, 0.15) is 37.8 Å². The number of hydrogen-bond donors (Lipinski definition) is 0. The van der Waals surface area contributed by atoms with Crippen molar-refractivity contribution in [1.82, 2.24) is 14.5 Å². The molecule has 1 aromatic carbocycles. The molecule has 0 spiro atoms. The van der Waals surface area contributed by atoms with Gasteiger partial charge in [0.25, 0.3) is 0 Å². The first-order valence-electron chi connectivity index (χ1n) is 10.8. The van der Waals surface area contributed by atoms with E-state index in [0.29, 0.717) is 0 Å². The molecule has 0 amide bonds. The molecular formula is C24H32BrN3O2. The molecule has 0 bridgehead atoms. The van der Waals surface area contributed by atoms with Gasteiger partial charge in [-0.3, -0.25) is 4.90 Å². The summed E-state index contributed by atoms with van der Waals surface area (Å²) in [5, 5.41) is 1.19. The standard InChI is InChI=1S/C22H26BrN3O2.C2H6/c1-27-19-13-17-7-11-25(15-18(17)14-20(19)28-2)9-3-4-10-26-12-8-16-5-6-21(23)24-22(16)26;1-2/h5-6,8,12-14H,3-4,7,9-11,15H2,1-2H3;1-2H3. The summed E-state index contributed by atoms with van der Waals surface area (Å²) in [6, 6.07) is 10.5. The summed E-state index contributed by atoms with van der Waals surface area (Å²) in [6.45, 7) is 8.20. The molecule has 3 aromatic rings. The van der Waals surface area contributed by atoms with Crippen molar-refractivity contribution in [2.45, 2.75) is 46.2 Å². The molecule has 30 heavy (non-hydrogen) atoms. The van der Waals surface area contributed by atoms with E-state index in [-0.39, 0.29) is 0 Å². The van der Waals surface area contributed by atoms with Crippen LogP contribution < -0.4 is 9.47 Å². The highest BCUT2D eigenvalue weighted by Gasteiger charge is 2.19. The molecule has 0 fully saturated rings. The lowest BCUT2D eigenvalue weighted by atomic mass is 9.98. The molecule has 0 unspecified atom stereocenters. The Balaban J connectivity index is 0.00000124. The second kappa shape index (κ2) is 10.8. The Bertz CT molecular complexity index is 970. The molecule has 0 saturated carbocycles. The van der Waals surface area contributed by atoms with E-state index in [9.17, 15) is 0 Å². The van der Waals surface area contributed by atoms with Crippen LogP contribution in [0.5, 0.6) is 11.5 Å². The number of aromatic nitrogens is 2. The Morgan fingerprint density at radius 1 is 0.967 bits per heavy atom. The van der Waals surface area contributed by atoms with Crippen LogP contribution >= 0.6 is 15.9 Å². The van der Waals surface area contributed by atoms with Gasteiger partial charge in [0.15, 0.2) is 11.5 Å². The summed E-state index contributed by atoms with van der Waals surface area (Å²) in [4.78, 5) is 7.15. The van der Waals surface area contributed by atoms with Gasteiger partial charge >= 0.3 is 0 Å². The van der Waals surface area contributed by atoms with Crippen LogP contribution in [0.25, 0.3) is 11.0 Å². The highest BCUT2D eigenvalue weighted by atomic mass is 79.9. The predicted octanol–water partition coefficient (Wildman–Crippen LogP) is 5.68. The number of nitrogens with zero attached hydrogens (tertiary/aromatic N) is 3. The minimum absolute atomic E-state index is 0.821. The van der Waals surface area contributed by atoms with Crippen molar-refractivity contribution < 1.29 is 9.47 Å². The van der Waals surface area contributed by atoms with Gasteiger partial charge in [-0.05, 0) is 83.2 Å². The van der Waals surface area contributed by atoms with E-state index in [1.807, 2.05) is 19.9 Å². The monoisotopic (exact) mass is 473 g/mol. The first kappa shape index (κ1) is 22.6. The van der Waals surface area contributed by atoms with Crippen molar-refractivity contribution in [3.63, 3.8) is 0 Å². The zero-order valence-corrected chi connectivity index (χ0v) is 20.0. The summed E-state index contributed by atoms with van der Waals surface area (Å²) in [7, 11) is 3.39. The Morgan fingerprint density at radius 2 is 1.67 bits per heavy atom. The number of hydrogen-bond acceptors (Lipinski definition) is 4. The minimum atomic E-state index is 0.821. The Kier molecular flexibility index (Phi) is 8.16. The topological polar surface area (TPSA) is 39.5 Å². The molecular weight excluding hydrogens is 442 g/mol. The van der Waals surface area contributed by atoms with Crippen LogP contribution in [-0.2, 0) is 19.5 Å². The molecule has 6 heteroatoms. The molecule has 2 aromatic heterocycles.